The van der Waals surface area contributed by atoms with E-state index in [2.05, 4.69) is 156 Å². The van der Waals surface area contributed by atoms with Gasteiger partial charge in [0.15, 0.2) is 0 Å². The van der Waals surface area contributed by atoms with Crippen LogP contribution < -0.4 is 4.74 Å². The Labute approximate surface area is 266 Å². The lowest BCUT2D eigenvalue weighted by atomic mass is 9.89. The molecule has 0 fully saturated rings. The average molecular weight is 586 g/mol. The standard InChI is InChI=1S/C44H27NO/c1-2-15-33-28(11-1)23-24-38-34-16-4-7-21-40(34)45(44(33)38)39-20-6-3-14-32(39)30-13-9-12-29(27-30)31-25-26-42-43-36(31)18-10-19-37(43)35-17-5-8-22-41(35)46-42/h1-27H. The number of hydrogen-bond acceptors (Lipinski definition) is 1. The minimum absolute atomic E-state index is 0.909. The van der Waals surface area contributed by atoms with E-state index in [1.165, 1.54) is 76.9 Å². The minimum Gasteiger partial charge on any atom is -0.456 e. The molecule has 2 nitrogen and oxygen atoms in total. The van der Waals surface area contributed by atoms with Crippen molar-refractivity contribution >= 4 is 43.4 Å². The van der Waals surface area contributed by atoms with E-state index >= 15 is 0 Å². The first-order valence-electron chi connectivity index (χ1n) is 15.8. The van der Waals surface area contributed by atoms with Crippen molar-refractivity contribution < 1.29 is 4.74 Å². The third-order valence-electron chi connectivity index (χ3n) is 9.59. The van der Waals surface area contributed by atoms with Crippen LogP contribution >= 0.6 is 0 Å². The fourth-order valence-corrected chi connectivity index (χ4v) is 7.58. The van der Waals surface area contributed by atoms with E-state index in [1.807, 2.05) is 12.1 Å². The van der Waals surface area contributed by atoms with Crippen molar-refractivity contribution in [2.45, 2.75) is 0 Å². The van der Waals surface area contributed by atoms with E-state index in [0.717, 1.165) is 17.1 Å². The molecule has 9 aromatic rings. The number of fused-ring (bicyclic) bond motifs is 7. The lowest BCUT2D eigenvalue weighted by Gasteiger charge is -2.22. The Bertz CT molecular complexity index is 2680. The molecule has 214 valence electrons. The molecule has 1 aliphatic rings. The van der Waals surface area contributed by atoms with E-state index in [-0.39, 0.29) is 0 Å². The van der Waals surface area contributed by atoms with Crippen molar-refractivity contribution in [1.29, 1.82) is 0 Å². The van der Waals surface area contributed by atoms with Crippen LogP contribution in [-0.2, 0) is 0 Å². The van der Waals surface area contributed by atoms with Gasteiger partial charge in [0.2, 0.25) is 0 Å². The maximum absolute atomic E-state index is 6.39. The summed E-state index contributed by atoms with van der Waals surface area (Å²) in [5.74, 6) is 1.82. The van der Waals surface area contributed by atoms with Crippen molar-refractivity contribution in [3.63, 3.8) is 0 Å². The van der Waals surface area contributed by atoms with E-state index in [9.17, 15) is 0 Å². The first-order valence-corrected chi connectivity index (χ1v) is 15.8. The quantitative estimate of drug-likeness (QED) is 0.201. The molecule has 1 aliphatic heterocycles. The Morgan fingerprint density at radius 1 is 0.391 bits per heavy atom. The molecule has 2 heteroatoms. The van der Waals surface area contributed by atoms with Gasteiger partial charge in [-0.3, -0.25) is 0 Å². The van der Waals surface area contributed by atoms with Crippen molar-refractivity contribution in [3.8, 4) is 50.6 Å². The van der Waals surface area contributed by atoms with Crippen LogP contribution in [0.4, 0.5) is 0 Å². The molecular weight excluding hydrogens is 558 g/mol. The lowest BCUT2D eigenvalue weighted by Crippen LogP contribution is -1.98. The molecule has 2 heterocycles. The highest BCUT2D eigenvalue weighted by molar-refractivity contribution is 6.19. The number of hydrogen-bond donors (Lipinski definition) is 0. The summed E-state index contributed by atoms with van der Waals surface area (Å²) >= 11 is 0. The summed E-state index contributed by atoms with van der Waals surface area (Å²) in [6.45, 7) is 0. The number of rotatable bonds is 3. The van der Waals surface area contributed by atoms with Gasteiger partial charge in [-0.15, -0.1) is 0 Å². The zero-order valence-corrected chi connectivity index (χ0v) is 24.9. The van der Waals surface area contributed by atoms with Gasteiger partial charge in [-0.05, 0) is 63.4 Å². The Morgan fingerprint density at radius 2 is 1.09 bits per heavy atom. The van der Waals surface area contributed by atoms with E-state index in [4.69, 9.17) is 4.74 Å². The normalized spacial score (nSPS) is 12.1. The summed E-state index contributed by atoms with van der Waals surface area (Å²) < 4.78 is 8.85. The van der Waals surface area contributed by atoms with Crippen LogP contribution in [0.1, 0.15) is 0 Å². The number of nitrogens with zero attached hydrogens (tertiary/aromatic N) is 1. The fraction of sp³-hybridized carbons (Fsp3) is 0. The number of ether oxygens (including phenoxy) is 1. The highest BCUT2D eigenvalue weighted by atomic mass is 16.5. The van der Waals surface area contributed by atoms with Crippen LogP contribution in [0.5, 0.6) is 11.5 Å². The van der Waals surface area contributed by atoms with E-state index in [0.29, 0.717) is 0 Å². The number of para-hydroxylation sites is 3. The molecule has 0 bridgehead atoms. The summed E-state index contributed by atoms with van der Waals surface area (Å²) in [5, 5.41) is 7.40. The molecular formula is C44H27NO. The fourth-order valence-electron chi connectivity index (χ4n) is 7.58. The predicted octanol–water partition coefficient (Wildman–Crippen LogP) is 12.2. The van der Waals surface area contributed by atoms with Crippen molar-refractivity contribution in [3.05, 3.63) is 164 Å². The zero-order chi connectivity index (χ0) is 30.2. The first kappa shape index (κ1) is 25.2. The molecule has 1 aromatic heterocycles. The van der Waals surface area contributed by atoms with Gasteiger partial charge in [-0.25, -0.2) is 0 Å². The molecule has 46 heavy (non-hydrogen) atoms. The Morgan fingerprint density at radius 3 is 2.02 bits per heavy atom. The smallest absolute Gasteiger partial charge is 0.135 e. The molecule has 0 saturated carbocycles. The molecule has 0 saturated heterocycles. The second-order valence-corrected chi connectivity index (χ2v) is 12.1. The lowest BCUT2D eigenvalue weighted by molar-refractivity contribution is 0.487. The molecule has 0 atom stereocenters. The largest absolute Gasteiger partial charge is 0.456 e. The zero-order valence-electron chi connectivity index (χ0n) is 24.9. The highest BCUT2D eigenvalue weighted by Crippen LogP contribution is 2.49. The topological polar surface area (TPSA) is 14.2 Å². The molecule has 0 N–H and O–H groups in total. The van der Waals surface area contributed by atoms with Crippen LogP contribution in [0.3, 0.4) is 0 Å². The van der Waals surface area contributed by atoms with Crippen LogP contribution in [0, 0.1) is 0 Å². The second kappa shape index (κ2) is 9.69. The maximum atomic E-state index is 6.39. The van der Waals surface area contributed by atoms with E-state index in [1.54, 1.807) is 0 Å². The highest BCUT2D eigenvalue weighted by Gasteiger charge is 2.22. The van der Waals surface area contributed by atoms with Crippen molar-refractivity contribution in [1.82, 2.24) is 4.57 Å². The van der Waals surface area contributed by atoms with Gasteiger partial charge in [0.05, 0.1) is 16.7 Å². The summed E-state index contributed by atoms with van der Waals surface area (Å²) in [5.41, 5.74) is 10.7. The van der Waals surface area contributed by atoms with Gasteiger partial charge in [0, 0.05) is 32.7 Å². The summed E-state index contributed by atoms with van der Waals surface area (Å²) in [7, 11) is 0. The van der Waals surface area contributed by atoms with Gasteiger partial charge in [0.1, 0.15) is 11.5 Å². The van der Waals surface area contributed by atoms with Crippen LogP contribution in [0.15, 0.2) is 164 Å². The molecule has 10 rings (SSSR count). The van der Waals surface area contributed by atoms with Crippen molar-refractivity contribution in [2.75, 3.05) is 0 Å². The molecule has 0 radical (unpaired) electrons. The van der Waals surface area contributed by atoms with Crippen LogP contribution in [0.25, 0.3) is 82.4 Å². The van der Waals surface area contributed by atoms with E-state index < -0.39 is 0 Å². The van der Waals surface area contributed by atoms with Crippen LogP contribution in [0.2, 0.25) is 0 Å². The molecule has 0 spiro atoms. The third-order valence-corrected chi connectivity index (χ3v) is 9.59. The monoisotopic (exact) mass is 585 g/mol. The van der Waals surface area contributed by atoms with Gasteiger partial charge in [0.25, 0.3) is 0 Å². The summed E-state index contributed by atoms with van der Waals surface area (Å²) in [6, 6.07) is 59.0. The SMILES string of the molecule is c1cc(-c2ccccc2-n2c3ccccc3c3ccc4ccccc4c32)cc(-c2ccc3c4c(cccc24)-c2ccccc2O3)c1. The molecule has 0 amide bonds. The van der Waals surface area contributed by atoms with Crippen LogP contribution in [-0.4, -0.2) is 4.57 Å². The third kappa shape index (κ3) is 3.59. The predicted molar refractivity (Wildman–Crippen MR) is 192 cm³/mol. The molecule has 0 unspecified atom stereocenters. The molecule has 0 aliphatic carbocycles. The first-order chi connectivity index (χ1) is 22.8. The second-order valence-electron chi connectivity index (χ2n) is 12.1. The van der Waals surface area contributed by atoms with Gasteiger partial charge in [-0.1, -0.05) is 133 Å². The molecule has 8 aromatic carbocycles. The summed E-state index contributed by atoms with van der Waals surface area (Å²) in [6.07, 6.45) is 0. The van der Waals surface area contributed by atoms with Crippen molar-refractivity contribution in [2.24, 2.45) is 0 Å². The number of aromatic nitrogens is 1. The Hall–Kier alpha value is -6.12. The number of benzene rings is 8. The Balaban J connectivity index is 1.20. The maximum Gasteiger partial charge on any atom is 0.135 e. The van der Waals surface area contributed by atoms with Gasteiger partial charge < -0.3 is 9.30 Å². The Kier molecular flexibility index (Phi) is 5.31. The summed E-state index contributed by atoms with van der Waals surface area (Å²) in [4.78, 5) is 0. The minimum atomic E-state index is 0.909. The average Bonchev–Trinajstić information content (AvgIpc) is 3.47. The van der Waals surface area contributed by atoms with Gasteiger partial charge >= 0.3 is 0 Å². The van der Waals surface area contributed by atoms with Gasteiger partial charge in [-0.2, -0.15) is 0 Å².